The summed E-state index contributed by atoms with van der Waals surface area (Å²) in [6, 6.07) is 91.9. The highest BCUT2D eigenvalue weighted by atomic mass is 15.1. The van der Waals surface area contributed by atoms with Crippen LogP contribution in [0.1, 0.15) is 0 Å². The van der Waals surface area contributed by atoms with E-state index in [1.54, 1.807) is 0 Å². The van der Waals surface area contributed by atoms with Crippen LogP contribution in [-0.4, -0.2) is 4.57 Å². The maximum Gasteiger partial charge on any atom is 0.0547 e. The zero-order valence-corrected chi connectivity index (χ0v) is 34.1. The number of fused-ring (bicyclic) bond motifs is 3. The quantitative estimate of drug-likeness (QED) is 0.141. The molecule has 0 amide bonds. The third-order valence-corrected chi connectivity index (χ3v) is 12.0. The van der Waals surface area contributed by atoms with E-state index in [4.69, 9.17) is 0 Å². The summed E-state index contributed by atoms with van der Waals surface area (Å²) < 4.78 is 2.39. The van der Waals surface area contributed by atoms with Crippen LogP contribution in [0.15, 0.2) is 255 Å². The predicted molar refractivity (Wildman–Crippen MR) is 263 cm³/mol. The van der Waals surface area contributed by atoms with Crippen molar-refractivity contribution in [2.75, 3.05) is 4.90 Å². The lowest BCUT2D eigenvalue weighted by molar-refractivity contribution is 1.18. The van der Waals surface area contributed by atoms with Crippen molar-refractivity contribution in [3.05, 3.63) is 255 Å². The van der Waals surface area contributed by atoms with Crippen molar-refractivity contribution in [1.29, 1.82) is 0 Å². The number of aromatic nitrogens is 1. The van der Waals surface area contributed by atoms with Crippen molar-refractivity contribution in [3.63, 3.8) is 0 Å². The molecule has 2 nitrogen and oxygen atoms in total. The minimum Gasteiger partial charge on any atom is -0.310 e. The maximum absolute atomic E-state index is 2.39. The zero-order chi connectivity index (χ0) is 41.2. The van der Waals surface area contributed by atoms with Crippen molar-refractivity contribution in [1.82, 2.24) is 4.57 Å². The van der Waals surface area contributed by atoms with Crippen molar-refractivity contribution >= 4 is 38.9 Å². The van der Waals surface area contributed by atoms with E-state index in [2.05, 4.69) is 264 Å². The molecule has 292 valence electrons. The summed E-state index contributed by atoms with van der Waals surface area (Å²) in [4.78, 5) is 2.38. The molecule has 0 radical (unpaired) electrons. The van der Waals surface area contributed by atoms with E-state index in [1.807, 2.05) is 0 Å². The third kappa shape index (κ3) is 6.84. The topological polar surface area (TPSA) is 8.17 Å². The van der Waals surface area contributed by atoms with E-state index >= 15 is 0 Å². The van der Waals surface area contributed by atoms with Crippen LogP contribution in [0.2, 0.25) is 0 Å². The molecule has 1 heterocycles. The molecule has 10 aromatic carbocycles. The Hall–Kier alpha value is -8.20. The standard InChI is InChI=1S/C60H42N2/c1-4-16-43(17-5-1)44-30-32-45(33-31-44)46-34-38-51(39-35-46)61(52-40-36-48(37-41-52)55-25-11-10-24-54(55)47-18-6-2-7-19-47)53-23-14-20-49(42-53)56-27-15-29-59-60(56)57-26-12-13-28-58(57)62(59)50-21-8-3-9-22-50/h1-42H. The lowest BCUT2D eigenvalue weighted by Crippen LogP contribution is -2.10. The number of benzene rings is 10. The Bertz CT molecular complexity index is 3290. The molecular weight excluding hydrogens is 749 g/mol. The van der Waals surface area contributed by atoms with Gasteiger partial charge in [-0.25, -0.2) is 0 Å². The number of nitrogens with zero attached hydrogens (tertiary/aromatic N) is 2. The van der Waals surface area contributed by atoms with Crippen LogP contribution >= 0.6 is 0 Å². The Morgan fingerprint density at radius 2 is 0.677 bits per heavy atom. The third-order valence-electron chi connectivity index (χ3n) is 12.0. The Morgan fingerprint density at radius 3 is 1.31 bits per heavy atom. The summed E-state index contributed by atoms with van der Waals surface area (Å²) in [5.41, 5.74) is 18.8. The Kier molecular flexibility index (Phi) is 9.57. The van der Waals surface area contributed by atoms with E-state index in [0.717, 1.165) is 28.3 Å². The first-order chi connectivity index (χ1) is 30.8. The van der Waals surface area contributed by atoms with Crippen LogP contribution < -0.4 is 4.90 Å². The Labute approximate surface area is 362 Å². The second-order valence-electron chi connectivity index (χ2n) is 15.7. The fourth-order valence-corrected chi connectivity index (χ4v) is 9.06. The molecule has 0 saturated heterocycles. The van der Waals surface area contributed by atoms with Gasteiger partial charge in [-0.05, 0) is 116 Å². The summed E-state index contributed by atoms with van der Waals surface area (Å²) >= 11 is 0. The van der Waals surface area contributed by atoms with Gasteiger partial charge in [-0.2, -0.15) is 0 Å². The second kappa shape index (κ2) is 16.1. The van der Waals surface area contributed by atoms with Gasteiger partial charge in [0.25, 0.3) is 0 Å². The van der Waals surface area contributed by atoms with E-state index in [9.17, 15) is 0 Å². The average Bonchev–Trinajstić information content (AvgIpc) is 3.70. The van der Waals surface area contributed by atoms with E-state index in [1.165, 1.54) is 71.9 Å². The summed E-state index contributed by atoms with van der Waals surface area (Å²) in [7, 11) is 0. The molecule has 2 heteroatoms. The van der Waals surface area contributed by atoms with Gasteiger partial charge < -0.3 is 9.47 Å². The molecule has 0 bridgehead atoms. The molecule has 0 spiro atoms. The minimum atomic E-state index is 1.09. The van der Waals surface area contributed by atoms with Crippen LogP contribution in [0.4, 0.5) is 17.1 Å². The highest BCUT2D eigenvalue weighted by molar-refractivity contribution is 6.16. The Morgan fingerprint density at radius 1 is 0.258 bits per heavy atom. The largest absolute Gasteiger partial charge is 0.310 e. The number of hydrogen-bond acceptors (Lipinski definition) is 1. The van der Waals surface area contributed by atoms with Crippen LogP contribution in [0.5, 0.6) is 0 Å². The molecule has 11 rings (SSSR count). The number of rotatable bonds is 9. The molecule has 0 unspecified atom stereocenters. The van der Waals surface area contributed by atoms with Gasteiger partial charge in [-0.1, -0.05) is 194 Å². The maximum atomic E-state index is 2.39. The molecule has 1 aromatic heterocycles. The van der Waals surface area contributed by atoms with Gasteiger partial charge in [0.2, 0.25) is 0 Å². The first-order valence-electron chi connectivity index (χ1n) is 21.3. The fourth-order valence-electron chi connectivity index (χ4n) is 9.06. The van der Waals surface area contributed by atoms with Gasteiger partial charge in [0.05, 0.1) is 11.0 Å². The van der Waals surface area contributed by atoms with Crippen LogP contribution in [0.3, 0.4) is 0 Å². The monoisotopic (exact) mass is 790 g/mol. The Balaban J connectivity index is 1.02. The summed E-state index contributed by atoms with van der Waals surface area (Å²) in [5, 5.41) is 2.49. The molecule has 0 fully saturated rings. The van der Waals surface area contributed by atoms with Gasteiger partial charge in [-0.3, -0.25) is 0 Å². The molecule has 0 aliphatic heterocycles. The van der Waals surface area contributed by atoms with Gasteiger partial charge >= 0.3 is 0 Å². The average molecular weight is 791 g/mol. The van der Waals surface area contributed by atoms with E-state index < -0.39 is 0 Å². The zero-order valence-electron chi connectivity index (χ0n) is 34.1. The number of anilines is 3. The fraction of sp³-hybridized carbons (Fsp3) is 0. The van der Waals surface area contributed by atoms with Crippen LogP contribution in [0.25, 0.3) is 83.1 Å². The summed E-state index contributed by atoms with van der Waals surface area (Å²) in [6.45, 7) is 0. The first kappa shape index (κ1) is 36.8. The molecule has 0 aliphatic carbocycles. The first-order valence-corrected chi connectivity index (χ1v) is 21.3. The number of hydrogen-bond donors (Lipinski definition) is 0. The smallest absolute Gasteiger partial charge is 0.0547 e. The van der Waals surface area contributed by atoms with E-state index in [0.29, 0.717) is 0 Å². The summed E-state index contributed by atoms with van der Waals surface area (Å²) in [6.07, 6.45) is 0. The van der Waals surface area contributed by atoms with Gasteiger partial charge in [0.15, 0.2) is 0 Å². The minimum absolute atomic E-state index is 1.09. The predicted octanol–water partition coefficient (Wildman–Crippen LogP) is 16.6. The highest BCUT2D eigenvalue weighted by Gasteiger charge is 2.19. The van der Waals surface area contributed by atoms with E-state index in [-0.39, 0.29) is 0 Å². The number of para-hydroxylation sites is 2. The SMILES string of the molecule is c1ccc(-c2ccc(-c3ccc(N(c4ccc(-c5ccccc5-c5ccccc5)cc4)c4cccc(-c5cccc6c5c5ccccc5n6-c5ccccc5)c4)cc3)cc2)cc1. The molecule has 0 aliphatic rings. The van der Waals surface area contributed by atoms with Gasteiger partial charge in [-0.15, -0.1) is 0 Å². The van der Waals surface area contributed by atoms with Crippen molar-refractivity contribution in [2.45, 2.75) is 0 Å². The molecular formula is C60H42N2. The summed E-state index contributed by atoms with van der Waals surface area (Å²) in [5.74, 6) is 0. The van der Waals surface area contributed by atoms with Crippen molar-refractivity contribution < 1.29 is 0 Å². The molecule has 11 aromatic rings. The van der Waals surface area contributed by atoms with Crippen LogP contribution in [0, 0.1) is 0 Å². The van der Waals surface area contributed by atoms with Gasteiger partial charge in [0.1, 0.15) is 0 Å². The van der Waals surface area contributed by atoms with Crippen LogP contribution in [-0.2, 0) is 0 Å². The van der Waals surface area contributed by atoms with Gasteiger partial charge in [0, 0.05) is 33.5 Å². The molecule has 0 N–H and O–H groups in total. The van der Waals surface area contributed by atoms with Crippen molar-refractivity contribution in [2.24, 2.45) is 0 Å². The molecule has 0 atom stereocenters. The second-order valence-corrected chi connectivity index (χ2v) is 15.7. The highest BCUT2D eigenvalue weighted by Crippen LogP contribution is 2.43. The van der Waals surface area contributed by atoms with Crippen molar-refractivity contribution in [3.8, 4) is 61.3 Å². The lowest BCUT2D eigenvalue weighted by Gasteiger charge is -2.26. The molecule has 62 heavy (non-hydrogen) atoms. The molecule has 0 saturated carbocycles. The normalized spacial score (nSPS) is 11.2. The lowest BCUT2D eigenvalue weighted by atomic mass is 9.94.